The van der Waals surface area contributed by atoms with E-state index >= 15 is 0 Å². The van der Waals surface area contributed by atoms with E-state index in [0.717, 1.165) is 12.3 Å². The molecule has 1 aromatic carbocycles. The van der Waals surface area contributed by atoms with Crippen LogP contribution in [0.2, 0.25) is 0 Å². The summed E-state index contributed by atoms with van der Waals surface area (Å²) >= 11 is 3.00. The predicted molar refractivity (Wildman–Crippen MR) is 67.3 cm³/mol. The van der Waals surface area contributed by atoms with Gasteiger partial charge in [-0.05, 0) is 26.0 Å². The van der Waals surface area contributed by atoms with Gasteiger partial charge in [-0.15, -0.1) is 0 Å². The lowest BCUT2D eigenvalue weighted by molar-refractivity contribution is -0.137. The van der Waals surface area contributed by atoms with Crippen molar-refractivity contribution < 1.29 is 18.4 Å². The van der Waals surface area contributed by atoms with Crippen molar-refractivity contribution in [1.82, 2.24) is 0 Å². The highest BCUT2D eigenvalue weighted by Gasteiger charge is 2.35. The topological polar surface area (TPSA) is 44.6 Å². The van der Waals surface area contributed by atoms with Crippen LogP contribution in [0.1, 0.15) is 25.0 Å². The molecular weight excluding hydrogens is 313 g/mol. The molecule has 0 heterocycles. The SMILES string of the molecule is CC(C)Nc1c(C=NO)cc(Br)cc1C(F)(F)F. The van der Waals surface area contributed by atoms with Gasteiger partial charge in [-0.3, -0.25) is 0 Å². The number of halogens is 4. The van der Waals surface area contributed by atoms with Crippen molar-refractivity contribution in [3.8, 4) is 0 Å². The Balaban J connectivity index is 3.47. The Morgan fingerprint density at radius 1 is 1.39 bits per heavy atom. The van der Waals surface area contributed by atoms with Crippen LogP contribution in [0.4, 0.5) is 18.9 Å². The fraction of sp³-hybridized carbons (Fsp3) is 0.364. The van der Waals surface area contributed by atoms with Crippen molar-refractivity contribution in [2.45, 2.75) is 26.1 Å². The molecule has 1 aromatic rings. The van der Waals surface area contributed by atoms with Crippen LogP contribution in [-0.4, -0.2) is 17.5 Å². The Hall–Kier alpha value is -1.24. The molecule has 100 valence electrons. The van der Waals surface area contributed by atoms with Gasteiger partial charge in [0.2, 0.25) is 0 Å². The molecule has 0 bridgehead atoms. The van der Waals surface area contributed by atoms with Gasteiger partial charge in [-0.25, -0.2) is 0 Å². The standard InChI is InChI=1S/C11H12BrF3N2O/c1-6(2)17-10-7(5-16-18)3-8(12)4-9(10)11(13,14)15/h3-6,17-18H,1-2H3. The van der Waals surface area contributed by atoms with Crippen molar-refractivity contribution in [2.75, 3.05) is 5.32 Å². The van der Waals surface area contributed by atoms with Crippen LogP contribution in [0, 0.1) is 0 Å². The van der Waals surface area contributed by atoms with Gasteiger partial charge in [-0.2, -0.15) is 13.2 Å². The molecule has 0 aliphatic heterocycles. The molecule has 18 heavy (non-hydrogen) atoms. The minimum absolute atomic E-state index is 0.0986. The molecule has 3 nitrogen and oxygen atoms in total. The highest BCUT2D eigenvalue weighted by molar-refractivity contribution is 9.10. The van der Waals surface area contributed by atoms with Crippen molar-refractivity contribution in [1.29, 1.82) is 0 Å². The normalized spacial score (nSPS) is 12.4. The summed E-state index contributed by atoms with van der Waals surface area (Å²) in [6, 6.07) is 2.25. The van der Waals surface area contributed by atoms with Crippen molar-refractivity contribution in [2.24, 2.45) is 5.16 Å². The number of hydrogen-bond acceptors (Lipinski definition) is 3. The Bertz CT molecular complexity index is 458. The summed E-state index contributed by atoms with van der Waals surface area (Å²) in [6.45, 7) is 3.45. The molecule has 0 spiro atoms. The highest BCUT2D eigenvalue weighted by atomic mass is 79.9. The van der Waals surface area contributed by atoms with Gasteiger partial charge in [-0.1, -0.05) is 21.1 Å². The number of anilines is 1. The van der Waals surface area contributed by atoms with E-state index in [9.17, 15) is 13.2 Å². The first-order chi connectivity index (χ1) is 8.25. The first-order valence-electron chi connectivity index (χ1n) is 5.10. The summed E-state index contributed by atoms with van der Waals surface area (Å²) in [5, 5.41) is 14.0. The largest absolute Gasteiger partial charge is 0.418 e. The predicted octanol–water partition coefficient (Wildman–Crippen LogP) is 4.10. The number of hydrogen-bond donors (Lipinski definition) is 2. The molecule has 0 saturated heterocycles. The molecule has 7 heteroatoms. The van der Waals surface area contributed by atoms with Gasteiger partial charge in [0.05, 0.1) is 17.5 Å². The van der Waals surface area contributed by atoms with E-state index in [4.69, 9.17) is 5.21 Å². The molecule has 2 N–H and O–H groups in total. The van der Waals surface area contributed by atoms with E-state index in [0.29, 0.717) is 0 Å². The molecule has 0 aromatic heterocycles. The Morgan fingerprint density at radius 3 is 2.44 bits per heavy atom. The number of nitrogens with zero attached hydrogens (tertiary/aromatic N) is 1. The van der Waals surface area contributed by atoms with E-state index in [1.807, 2.05) is 0 Å². The summed E-state index contributed by atoms with van der Waals surface area (Å²) in [5.74, 6) is 0. The summed E-state index contributed by atoms with van der Waals surface area (Å²) < 4.78 is 39.1. The first kappa shape index (κ1) is 14.8. The minimum Gasteiger partial charge on any atom is -0.411 e. The van der Waals surface area contributed by atoms with Crippen LogP contribution >= 0.6 is 15.9 Å². The summed E-state index contributed by atoms with van der Waals surface area (Å²) in [6.07, 6.45) is -3.52. The molecule has 0 aliphatic carbocycles. The molecule has 0 radical (unpaired) electrons. The fourth-order valence-electron chi connectivity index (χ4n) is 1.47. The maximum absolute atomic E-state index is 12.9. The lowest BCUT2D eigenvalue weighted by atomic mass is 10.1. The zero-order valence-corrected chi connectivity index (χ0v) is 11.3. The van der Waals surface area contributed by atoms with Crippen LogP contribution in [0.15, 0.2) is 21.8 Å². The number of rotatable bonds is 3. The van der Waals surface area contributed by atoms with Crippen molar-refractivity contribution in [3.05, 3.63) is 27.7 Å². The average molecular weight is 325 g/mol. The van der Waals surface area contributed by atoms with Crippen molar-refractivity contribution in [3.63, 3.8) is 0 Å². The van der Waals surface area contributed by atoms with Crippen LogP contribution < -0.4 is 5.32 Å². The Morgan fingerprint density at radius 2 is 2.00 bits per heavy atom. The lowest BCUT2D eigenvalue weighted by Crippen LogP contribution is -2.17. The zero-order valence-electron chi connectivity index (χ0n) is 9.72. The summed E-state index contributed by atoms with van der Waals surface area (Å²) in [4.78, 5) is 0. The monoisotopic (exact) mass is 324 g/mol. The van der Waals surface area contributed by atoms with E-state index in [-0.39, 0.29) is 21.8 Å². The van der Waals surface area contributed by atoms with Crippen LogP contribution in [0.3, 0.4) is 0 Å². The molecule has 0 unspecified atom stereocenters. The number of benzene rings is 1. The minimum atomic E-state index is -4.49. The summed E-state index contributed by atoms with van der Waals surface area (Å²) in [5.41, 5.74) is -0.744. The zero-order chi connectivity index (χ0) is 13.9. The van der Waals surface area contributed by atoms with Crippen LogP contribution in [-0.2, 0) is 6.18 Å². The lowest BCUT2D eigenvalue weighted by Gasteiger charge is -2.19. The van der Waals surface area contributed by atoms with Gasteiger partial charge in [0.25, 0.3) is 0 Å². The smallest absolute Gasteiger partial charge is 0.411 e. The first-order valence-corrected chi connectivity index (χ1v) is 5.89. The molecule has 0 fully saturated rings. The van der Waals surface area contributed by atoms with Crippen molar-refractivity contribution >= 4 is 27.8 Å². The highest BCUT2D eigenvalue weighted by Crippen LogP contribution is 2.38. The Labute approximate surface area is 111 Å². The molecular formula is C11H12BrF3N2O. The van der Waals surface area contributed by atoms with Gasteiger partial charge < -0.3 is 10.5 Å². The summed E-state index contributed by atoms with van der Waals surface area (Å²) in [7, 11) is 0. The molecule has 0 atom stereocenters. The third-order valence-electron chi connectivity index (χ3n) is 2.07. The van der Waals surface area contributed by atoms with E-state index in [2.05, 4.69) is 26.4 Å². The number of alkyl halides is 3. The van der Waals surface area contributed by atoms with Gasteiger partial charge in [0.1, 0.15) is 0 Å². The molecule has 0 aliphatic rings. The third kappa shape index (κ3) is 3.63. The second kappa shape index (κ2) is 5.60. The van der Waals surface area contributed by atoms with E-state index in [1.165, 1.54) is 6.07 Å². The average Bonchev–Trinajstić information content (AvgIpc) is 2.19. The van der Waals surface area contributed by atoms with Gasteiger partial charge in [0, 0.05) is 16.1 Å². The molecule has 1 rings (SSSR count). The molecule has 0 saturated carbocycles. The number of oxime groups is 1. The second-order valence-corrected chi connectivity index (χ2v) is 4.87. The number of nitrogens with one attached hydrogen (secondary N) is 1. The fourth-order valence-corrected chi connectivity index (χ4v) is 1.94. The molecule has 0 amide bonds. The van der Waals surface area contributed by atoms with Gasteiger partial charge >= 0.3 is 6.18 Å². The quantitative estimate of drug-likeness (QED) is 0.499. The third-order valence-corrected chi connectivity index (χ3v) is 2.53. The maximum atomic E-state index is 12.9. The Kier molecular flexibility index (Phi) is 4.61. The van der Waals surface area contributed by atoms with Crippen LogP contribution in [0.25, 0.3) is 0 Å². The van der Waals surface area contributed by atoms with Gasteiger partial charge in [0.15, 0.2) is 0 Å². The van der Waals surface area contributed by atoms with E-state index < -0.39 is 11.7 Å². The second-order valence-electron chi connectivity index (χ2n) is 3.96. The van der Waals surface area contributed by atoms with E-state index in [1.54, 1.807) is 13.8 Å². The maximum Gasteiger partial charge on any atom is 0.418 e. The van der Waals surface area contributed by atoms with Crippen LogP contribution in [0.5, 0.6) is 0 Å².